The van der Waals surface area contributed by atoms with Crippen molar-refractivity contribution in [3.05, 3.63) is 65.2 Å². The number of nitrogens with one attached hydrogen (secondary N) is 1. The third kappa shape index (κ3) is 5.94. The molecule has 0 atom stereocenters. The molecule has 0 aliphatic heterocycles. The van der Waals surface area contributed by atoms with Crippen LogP contribution in [0.5, 0.6) is 5.75 Å². The molecule has 2 amide bonds. The lowest BCUT2D eigenvalue weighted by molar-refractivity contribution is -0.0498. The molecule has 2 aromatic carbocycles. The van der Waals surface area contributed by atoms with E-state index in [1.807, 2.05) is 0 Å². The SMILES string of the molecule is CN(Cc1ccc(F)cc1F)C(=O)NCCc1ccc(OC(F)F)cc1. The van der Waals surface area contributed by atoms with E-state index in [-0.39, 0.29) is 17.9 Å². The second-order valence-corrected chi connectivity index (χ2v) is 5.60. The maximum atomic E-state index is 13.6. The van der Waals surface area contributed by atoms with Gasteiger partial charge >= 0.3 is 12.6 Å². The number of hydrogen-bond donors (Lipinski definition) is 1. The lowest BCUT2D eigenvalue weighted by atomic mass is 10.1. The summed E-state index contributed by atoms with van der Waals surface area (Å²) >= 11 is 0. The number of hydrogen-bond acceptors (Lipinski definition) is 2. The Hall–Kier alpha value is -2.77. The third-order valence-electron chi connectivity index (χ3n) is 3.61. The summed E-state index contributed by atoms with van der Waals surface area (Å²) in [5.41, 5.74) is 1.04. The maximum Gasteiger partial charge on any atom is 0.387 e. The zero-order valence-electron chi connectivity index (χ0n) is 14.0. The van der Waals surface area contributed by atoms with E-state index in [0.29, 0.717) is 13.0 Å². The first-order valence-corrected chi connectivity index (χ1v) is 7.82. The number of benzene rings is 2. The van der Waals surface area contributed by atoms with Crippen LogP contribution in [-0.4, -0.2) is 31.1 Å². The molecule has 2 aromatic rings. The Morgan fingerprint density at radius 2 is 1.85 bits per heavy atom. The van der Waals surface area contributed by atoms with Gasteiger partial charge in [-0.2, -0.15) is 8.78 Å². The fourth-order valence-corrected chi connectivity index (χ4v) is 2.26. The Balaban J connectivity index is 1.78. The molecule has 8 heteroatoms. The van der Waals surface area contributed by atoms with Crippen LogP contribution < -0.4 is 10.1 Å². The van der Waals surface area contributed by atoms with Gasteiger partial charge < -0.3 is 15.0 Å². The third-order valence-corrected chi connectivity index (χ3v) is 3.61. The molecule has 0 saturated carbocycles. The number of carbonyl (C=O) groups excluding carboxylic acids is 1. The second-order valence-electron chi connectivity index (χ2n) is 5.60. The highest BCUT2D eigenvalue weighted by Gasteiger charge is 2.12. The van der Waals surface area contributed by atoms with Gasteiger partial charge in [0.1, 0.15) is 17.4 Å². The Morgan fingerprint density at radius 3 is 2.46 bits per heavy atom. The average molecular weight is 370 g/mol. The zero-order valence-corrected chi connectivity index (χ0v) is 14.0. The van der Waals surface area contributed by atoms with Gasteiger partial charge in [0.2, 0.25) is 0 Å². The Morgan fingerprint density at radius 1 is 1.15 bits per heavy atom. The van der Waals surface area contributed by atoms with Crippen molar-refractivity contribution in [2.75, 3.05) is 13.6 Å². The molecule has 0 saturated heterocycles. The van der Waals surface area contributed by atoms with Crippen molar-refractivity contribution in [2.24, 2.45) is 0 Å². The van der Waals surface area contributed by atoms with Gasteiger partial charge in [0, 0.05) is 31.8 Å². The fraction of sp³-hybridized carbons (Fsp3) is 0.278. The van der Waals surface area contributed by atoms with E-state index >= 15 is 0 Å². The van der Waals surface area contributed by atoms with Crippen LogP contribution in [0.3, 0.4) is 0 Å². The number of alkyl halides is 2. The first-order valence-electron chi connectivity index (χ1n) is 7.82. The molecule has 2 rings (SSSR count). The van der Waals surface area contributed by atoms with Gasteiger partial charge in [-0.05, 0) is 30.2 Å². The van der Waals surface area contributed by atoms with Crippen LogP contribution in [0.25, 0.3) is 0 Å². The van der Waals surface area contributed by atoms with Crippen LogP contribution in [0, 0.1) is 11.6 Å². The lowest BCUT2D eigenvalue weighted by Crippen LogP contribution is -2.37. The zero-order chi connectivity index (χ0) is 19.1. The summed E-state index contributed by atoms with van der Waals surface area (Å²) in [6.07, 6.45) is 0.486. The number of urea groups is 1. The number of nitrogens with zero attached hydrogens (tertiary/aromatic N) is 1. The molecule has 1 N–H and O–H groups in total. The number of rotatable bonds is 7. The van der Waals surface area contributed by atoms with Gasteiger partial charge in [0.15, 0.2) is 0 Å². The van der Waals surface area contributed by atoms with Crippen molar-refractivity contribution < 1.29 is 27.1 Å². The van der Waals surface area contributed by atoms with E-state index in [1.165, 1.54) is 30.1 Å². The van der Waals surface area contributed by atoms with Crippen LogP contribution in [0.1, 0.15) is 11.1 Å². The van der Waals surface area contributed by atoms with Crippen LogP contribution in [0.2, 0.25) is 0 Å². The molecular formula is C18H18F4N2O2. The summed E-state index contributed by atoms with van der Waals surface area (Å²) in [6, 6.07) is 8.87. The van der Waals surface area contributed by atoms with E-state index in [4.69, 9.17) is 0 Å². The summed E-state index contributed by atoms with van der Waals surface area (Å²) in [4.78, 5) is 13.3. The molecule has 0 aromatic heterocycles. The summed E-state index contributed by atoms with van der Waals surface area (Å²) in [5, 5.41) is 2.67. The van der Waals surface area contributed by atoms with Gasteiger partial charge in [0.25, 0.3) is 0 Å². The van der Waals surface area contributed by atoms with E-state index < -0.39 is 24.3 Å². The summed E-state index contributed by atoms with van der Waals surface area (Å²) in [6.45, 7) is -2.57. The molecule has 0 unspecified atom stereocenters. The molecule has 0 heterocycles. The van der Waals surface area contributed by atoms with E-state index in [0.717, 1.165) is 17.7 Å². The van der Waals surface area contributed by atoms with Crippen molar-refractivity contribution in [1.29, 1.82) is 0 Å². The Labute approximate surface area is 148 Å². The second kappa shape index (κ2) is 9.07. The number of halogens is 4. The molecule has 0 aliphatic rings. The Kier molecular flexibility index (Phi) is 6.82. The van der Waals surface area contributed by atoms with Crippen LogP contribution in [0.4, 0.5) is 22.4 Å². The molecule has 0 bridgehead atoms. The number of ether oxygens (including phenoxy) is 1. The van der Waals surface area contributed by atoms with Crippen LogP contribution in [-0.2, 0) is 13.0 Å². The quantitative estimate of drug-likeness (QED) is 0.750. The topological polar surface area (TPSA) is 41.6 Å². The number of amides is 2. The average Bonchev–Trinajstić information content (AvgIpc) is 2.58. The van der Waals surface area contributed by atoms with Crippen molar-refractivity contribution in [1.82, 2.24) is 10.2 Å². The fourth-order valence-electron chi connectivity index (χ4n) is 2.26. The van der Waals surface area contributed by atoms with Crippen molar-refractivity contribution in [2.45, 2.75) is 19.6 Å². The molecule has 4 nitrogen and oxygen atoms in total. The van der Waals surface area contributed by atoms with Crippen LogP contribution >= 0.6 is 0 Å². The van der Waals surface area contributed by atoms with Crippen molar-refractivity contribution in [3.63, 3.8) is 0 Å². The van der Waals surface area contributed by atoms with Gasteiger partial charge in [-0.25, -0.2) is 13.6 Å². The maximum absolute atomic E-state index is 13.6. The Bertz CT molecular complexity index is 738. The normalized spacial score (nSPS) is 10.7. The number of carbonyl (C=O) groups is 1. The van der Waals surface area contributed by atoms with E-state index in [9.17, 15) is 22.4 Å². The highest BCUT2D eigenvalue weighted by Crippen LogP contribution is 2.15. The van der Waals surface area contributed by atoms with E-state index in [2.05, 4.69) is 10.1 Å². The minimum Gasteiger partial charge on any atom is -0.435 e. The van der Waals surface area contributed by atoms with Crippen LogP contribution in [0.15, 0.2) is 42.5 Å². The van der Waals surface area contributed by atoms with Gasteiger partial charge in [-0.1, -0.05) is 18.2 Å². The minimum atomic E-state index is -2.87. The van der Waals surface area contributed by atoms with Crippen molar-refractivity contribution >= 4 is 6.03 Å². The van der Waals surface area contributed by atoms with Gasteiger partial charge in [-0.15, -0.1) is 0 Å². The van der Waals surface area contributed by atoms with Gasteiger partial charge in [0.05, 0.1) is 0 Å². The smallest absolute Gasteiger partial charge is 0.387 e. The lowest BCUT2D eigenvalue weighted by Gasteiger charge is -2.18. The highest BCUT2D eigenvalue weighted by molar-refractivity contribution is 5.73. The highest BCUT2D eigenvalue weighted by atomic mass is 19.3. The molecule has 0 fully saturated rings. The summed E-state index contributed by atoms with van der Waals surface area (Å²) in [5.74, 6) is -1.33. The molecule has 26 heavy (non-hydrogen) atoms. The summed E-state index contributed by atoms with van der Waals surface area (Å²) in [7, 11) is 1.49. The first kappa shape index (κ1) is 19.6. The predicted molar refractivity (Wildman–Crippen MR) is 88.0 cm³/mol. The van der Waals surface area contributed by atoms with Gasteiger partial charge in [-0.3, -0.25) is 0 Å². The first-order chi connectivity index (χ1) is 12.3. The van der Waals surface area contributed by atoms with E-state index in [1.54, 1.807) is 12.1 Å². The molecular weight excluding hydrogens is 352 g/mol. The monoisotopic (exact) mass is 370 g/mol. The van der Waals surface area contributed by atoms with Crippen molar-refractivity contribution in [3.8, 4) is 5.75 Å². The molecule has 0 spiro atoms. The summed E-state index contributed by atoms with van der Waals surface area (Å²) < 4.78 is 54.9. The standard InChI is InChI=1S/C18H18F4N2O2/c1-24(11-13-4-5-14(19)10-16(13)20)18(25)23-9-8-12-2-6-15(7-3-12)26-17(21)22/h2-7,10,17H,8-9,11H2,1H3,(H,23,25). The molecule has 0 aliphatic carbocycles. The predicted octanol–water partition coefficient (Wildman–Crippen LogP) is 3.95. The minimum absolute atomic E-state index is 0.00237. The molecule has 0 radical (unpaired) electrons. The molecule has 140 valence electrons. The largest absolute Gasteiger partial charge is 0.435 e.